The quantitative estimate of drug-likeness (QED) is 0.796. The zero-order valence-electron chi connectivity index (χ0n) is 9.47. The summed E-state index contributed by atoms with van der Waals surface area (Å²) < 4.78 is 5.66. The van der Waals surface area contributed by atoms with Gasteiger partial charge in [0.05, 0.1) is 5.56 Å². The molecule has 2 aromatic carbocycles. The van der Waals surface area contributed by atoms with Gasteiger partial charge in [-0.2, -0.15) is 5.26 Å². The lowest BCUT2D eigenvalue weighted by Gasteiger charge is -2.08. The monoisotopic (exact) mass is 224 g/mol. The number of benzene rings is 2. The third-order valence-electron chi connectivity index (χ3n) is 2.31. The average molecular weight is 224 g/mol. The fourth-order valence-electron chi connectivity index (χ4n) is 1.61. The molecule has 2 rings (SSSR count). The molecule has 0 saturated carbocycles. The van der Waals surface area contributed by atoms with Crippen LogP contribution in [0.1, 0.15) is 11.1 Å². The molecule has 0 unspecified atom stereocenters. The van der Waals surface area contributed by atoms with Gasteiger partial charge in [0.15, 0.2) is 0 Å². The molecule has 0 spiro atoms. The Balaban J connectivity index is 2.35. The number of nitriles is 1. The molecule has 84 valence electrons. The van der Waals surface area contributed by atoms with Gasteiger partial charge in [0.2, 0.25) is 0 Å². The first-order valence-electron chi connectivity index (χ1n) is 5.23. The number of nitrogens with two attached hydrogens (primary N) is 1. The van der Waals surface area contributed by atoms with Gasteiger partial charge in [-0.15, -0.1) is 0 Å². The van der Waals surface area contributed by atoms with Gasteiger partial charge in [-0.25, -0.2) is 0 Å². The molecular formula is C14H12N2O. The van der Waals surface area contributed by atoms with Crippen LogP contribution in [0.25, 0.3) is 0 Å². The molecule has 0 aliphatic heterocycles. The summed E-state index contributed by atoms with van der Waals surface area (Å²) in [6, 6.07) is 14.7. The predicted molar refractivity (Wildman–Crippen MR) is 66.8 cm³/mol. The van der Waals surface area contributed by atoms with Gasteiger partial charge in [-0.05, 0) is 36.8 Å². The number of nitrogen functional groups attached to an aromatic ring is 1. The fraction of sp³-hybridized carbons (Fsp3) is 0.0714. The molecule has 0 aliphatic rings. The van der Waals surface area contributed by atoms with Crippen molar-refractivity contribution in [1.29, 1.82) is 5.26 Å². The SMILES string of the molecule is Cc1cc(N)cc(Oc2ccccc2C#N)c1. The molecular weight excluding hydrogens is 212 g/mol. The summed E-state index contributed by atoms with van der Waals surface area (Å²) in [5, 5.41) is 8.95. The lowest BCUT2D eigenvalue weighted by atomic mass is 10.2. The third kappa shape index (κ3) is 2.56. The van der Waals surface area contributed by atoms with E-state index in [0.717, 1.165) is 5.56 Å². The van der Waals surface area contributed by atoms with Gasteiger partial charge >= 0.3 is 0 Å². The number of para-hydroxylation sites is 1. The van der Waals surface area contributed by atoms with Crippen molar-refractivity contribution in [2.24, 2.45) is 0 Å². The Bertz CT molecular complexity index is 565. The van der Waals surface area contributed by atoms with E-state index in [9.17, 15) is 0 Å². The highest BCUT2D eigenvalue weighted by Gasteiger charge is 2.04. The highest BCUT2D eigenvalue weighted by molar-refractivity contribution is 5.50. The van der Waals surface area contributed by atoms with Gasteiger partial charge in [-0.3, -0.25) is 0 Å². The minimum Gasteiger partial charge on any atom is -0.456 e. The van der Waals surface area contributed by atoms with E-state index >= 15 is 0 Å². The van der Waals surface area contributed by atoms with E-state index in [0.29, 0.717) is 22.7 Å². The maximum absolute atomic E-state index is 8.95. The minimum absolute atomic E-state index is 0.507. The van der Waals surface area contributed by atoms with Crippen molar-refractivity contribution in [3.05, 3.63) is 53.6 Å². The van der Waals surface area contributed by atoms with E-state index in [1.54, 1.807) is 24.3 Å². The summed E-state index contributed by atoms with van der Waals surface area (Å²) in [7, 11) is 0. The Hall–Kier alpha value is -2.47. The molecule has 3 nitrogen and oxygen atoms in total. The van der Waals surface area contributed by atoms with Crippen LogP contribution in [0.15, 0.2) is 42.5 Å². The lowest BCUT2D eigenvalue weighted by molar-refractivity contribution is 0.481. The molecule has 17 heavy (non-hydrogen) atoms. The normalized spacial score (nSPS) is 9.65. The molecule has 0 heterocycles. The third-order valence-corrected chi connectivity index (χ3v) is 2.31. The van der Waals surface area contributed by atoms with Crippen molar-refractivity contribution in [2.45, 2.75) is 6.92 Å². The Morgan fingerprint density at radius 1 is 1.18 bits per heavy atom. The summed E-state index contributed by atoms with van der Waals surface area (Å²) in [6.07, 6.45) is 0. The van der Waals surface area contributed by atoms with Crippen molar-refractivity contribution in [3.8, 4) is 17.6 Å². The minimum atomic E-state index is 0.507. The van der Waals surface area contributed by atoms with Crippen LogP contribution in [-0.4, -0.2) is 0 Å². The Labute approximate surface area is 100 Å². The number of aryl methyl sites for hydroxylation is 1. The van der Waals surface area contributed by atoms with Crippen LogP contribution < -0.4 is 10.5 Å². The summed E-state index contributed by atoms with van der Waals surface area (Å²) in [5.41, 5.74) is 7.92. The van der Waals surface area contributed by atoms with Crippen LogP contribution in [0.4, 0.5) is 5.69 Å². The standard InChI is InChI=1S/C14H12N2O/c1-10-6-12(16)8-13(7-10)17-14-5-3-2-4-11(14)9-15/h2-8H,16H2,1H3. The lowest BCUT2D eigenvalue weighted by Crippen LogP contribution is -1.91. The summed E-state index contributed by atoms with van der Waals surface area (Å²) in [6.45, 7) is 1.94. The van der Waals surface area contributed by atoms with Crippen molar-refractivity contribution in [2.75, 3.05) is 5.73 Å². The largest absolute Gasteiger partial charge is 0.456 e. The van der Waals surface area contributed by atoms with E-state index in [1.165, 1.54) is 0 Å². The van der Waals surface area contributed by atoms with Crippen LogP contribution in [-0.2, 0) is 0 Å². The van der Waals surface area contributed by atoms with E-state index < -0.39 is 0 Å². The van der Waals surface area contributed by atoms with E-state index in [1.807, 2.05) is 25.1 Å². The maximum Gasteiger partial charge on any atom is 0.145 e. The molecule has 0 bridgehead atoms. The molecule has 0 fully saturated rings. The van der Waals surface area contributed by atoms with Crippen LogP contribution in [0.5, 0.6) is 11.5 Å². The van der Waals surface area contributed by atoms with Crippen LogP contribution >= 0.6 is 0 Å². The van der Waals surface area contributed by atoms with Crippen LogP contribution in [0, 0.1) is 18.3 Å². The van der Waals surface area contributed by atoms with Gasteiger partial charge in [-0.1, -0.05) is 12.1 Å². The second-order valence-corrected chi connectivity index (χ2v) is 3.79. The van der Waals surface area contributed by atoms with Crippen molar-refractivity contribution < 1.29 is 4.74 Å². The van der Waals surface area contributed by atoms with Crippen LogP contribution in [0.2, 0.25) is 0 Å². The smallest absolute Gasteiger partial charge is 0.145 e. The van der Waals surface area contributed by atoms with E-state index in [-0.39, 0.29) is 0 Å². The maximum atomic E-state index is 8.95. The van der Waals surface area contributed by atoms with Crippen molar-refractivity contribution in [1.82, 2.24) is 0 Å². The first-order chi connectivity index (χ1) is 8.19. The highest BCUT2D eigenvalue weighted by Crippen LogP contribution is 2.27. The Morgan fingerprint density at radius 3 is 2.65 bits per heavy atom. The van der Waals surface area contributed by atoms with Gasteiger partial charge in [0.1, 0.15) is 17.6 Å². The number of anilines is 1. The number of hydrogen-bond donors (Lipinski definition) is 1. The second-order valence-electron chi connectivity index (χ2n) is 3.79. The Kier molecular flexibility index (Phi) is 2.97. The molecule has 0 radical (unpaired) electrons. The highest BCUT2D eigenvalue weighted by atomic mass is 16.5. The second kappa shape index (κ2) is 4.58. The molecule has 0 aliphatic carbocycles. The van der Waals surface area contributed by atoms with Gasteiger partial charge < -0.3 is 10.5 Å². The van der Waals surface area contributed by atoms with Crippen molar-refractivity contribution in [3.63, 3.8) is 0 Å². The zero-order chi connectivity index (χ0) is 12.3. The number of nitrogens with zero attached hydrogens (tertiary/aromatic N) is 1. The first-order valence-corrected chi connectivity index (χ1v) is 5.23. The van der Waals surface area contributed by atoms with E-state index in [2.05, 4.69) is 6.07 Å². The molecule has 0 saturated heterocycles. The predicted octanol–water partition coefficient (Wildman–Crippen LogP) is 3.24. The zero-order valence-corrected chi connectivity index (χ0v) is 9.47. The molecule has 2 aromatic rings. The Morgan fingerprint density at radius 2 is 1.94 bits per heavy atom. The molecule has 0 amide bonds. The molecule has 0 aromatic heterocycles. The van der Waals surface area contributed by atoms with E-state index in [4.69, 9.17) is 15.7 Å². The molecule has 3 heteroatoms. The number of rotatable bonds is 2. The molecule has 2 N–H and O–H groups in total. The van der Waals surface area contributed by atoms with Crippen LogP contribution in [0.3, 0.4) is 0 Å². The van der Waals surface area contributed by atoms with Gasteiger partial charge in [0, 0.05) is 11.8 Å². The first kappa shape index (κ1) is 11.0. The fourth-order valence-corrected chi connectivity index (χ4v) is 1.61. The summed E-state index contributed by atoms with van der Waals surface area (Å²) in [4.78, 5) is 0. The van der Waals surface area contributed by atoms with Gasteiger partial charge in [0.25, 0.3) is 0 Å². The summed E-state index contributed by atoms with van der Waals surface area (Å²) >= 11 is 0. The summed E-state index contributed by atoms with van der Waals surface area (Å²) in [5.74, 6) is 1.19. The topological polar surface area (TPSA) is 59.0 Å². The average Bonchev–Trinajstić information content (AvgIpc) is 2.28. The van der Waals surface area contributed by atoms with Crippen molar-refractivity contribution >= 4 is 5.69 Å². The number of hydrogen-bond acceptors (Lipinski definition) is 3. The molecule has 0 atom stereocenters. The number of ether oxygens (including phenoxy) is 1.